The van der Waals surface area contributed by atoms with Crippen molar-refractivity contribution < 1.29 is 9.53 Å². The predicted octanol–water partition coefficient (Wildman–Crippen LogP) is 2.54. The van der Waals surface area contributed by atoms with Gasteiger partial charge >= 0.3 is 0 Å². The molecule has 1 amide bonds. The Kier molecular flexibility index (Phi) is 5.44. The molecule has 0 bridgehead atoms. The number of ether oxygens (including phenoxy) is 1. The number of nitrogens with zero attached hydrogens (tertiary/aromatic N) is 2. The Hall–Kier alpha value is -1.85. The third kappa shape index (κ3) is 3.57. The van der Waals surface area contributed by atoms with Gasteiger partial charge in [-0.05, 0) is 38.0 Å². The van der Waals surface area contributed by atoms with Crippen LogP contribution >= 0.6 is 12.4 Å². The number of rotatable bonds is 2. The van der Waals surface area contributed by atoms with Gasteiger partial charge in [-0.3, -0.25) is 9.78 Å². The fourth-order valence-electron chi connectivity index (χ4n) is 2.86. The topological polar surface area (TPSA) is 68.5 Å². The molecule has 5 nitrogen and oxygen atoms in total. The Morgan fingerprint density at radius 2 is 2.00 bits per heavy atom. The summed E-state index contributed by atoms with van der Waals surface area (Å²) in [7, 11) is 1.63. The maximum absolute atomic E-state index is 12.7. The molecule has 0 aliphatic carbocycles. The van der Waals surface area contributed by atoms with E-state index in [1.54, 1.807) is 7.11 Å². The van der Waals surface area contributed by atoms with Crippen LogP contribution in [0.2, 0.25) is 0 Å². The molecule has 2 heterocycles. The lowest BCUT2D eigenvalue weighted by Crippen LogP contribution is -2.43. The number of piperidine rings is 1. The molecule has 1 saturated heterocycles. The molecule has 0 radical (unpaired) electrons. The summed E-state index contributed by atoms with van der Waals surface area (Å²) in [5.41, 5.74) is 8.17. The summed E-state index contributed by atoms with van der Waals surface area (Å²) < 4.78 is 5.22. The maximum Gasteiger partial charge on any atom is 0.255 e. The molecule has 2 aromatic rings. The molecule has 124 valence electrons. The van der Waals surface area contributed by atoms with Crippen LogP contribution in [0.4, 0.5) is 0 Å². The number of likely N-dealkylation sites (tertiary alicyclic amines) is 1. The number of hydrogen-bond donors (Lipinski definition) is 1. The van der Waals surface area contributed by atoms with E-state index in [0.717, 1.165) is 48.3 Å². The minimum atomic E-state index is 0. The van der Waals surface area contributed by atoms with Crippen LogP contribution in [-0.2, 0) is 0 Å². The summed E-state index contributed by atoms with van der Waals surface area (Å²) in [5.74, 6) is 0.818. The van der Waals surface area contributed by atoms with Crippen LogP contribution in [-0.4, -0.2) is 42.0 Å². The fourth-order valence-corrected chi connectivity index (χ4v) is 2.86. The van der Waals surface area contributed by atoms with E-state index < -0.39 is 0 Å². The van der Waals surface area contributed by atoms with Crippen molar-refractivity contribution in [2.24, 2.45) is 5.73 Å². The number of aromatic nitrogens is 1. The van der Waals surface area contributed by atoms with Crippen LogP contribution in [0.3, 0.4) is 0 Å². The van der Waals surface area contributed by atoms with E-state index in [9.17, 15) is 4.79 Å². The van der Waals surface area contributed by atoms with Gasteiger partial charge in [0.2, 0.25) is 0 Å². The van der Waals surface area contributed by atoms with Crippen LogP contribution in [0.25, 0.3) is 10.9 Å². The Morgan fingerprint density at radius 3 is 2.65 bits per heavy atom. The average Bonchev–Trinajstić information content (AvgIpc) is 2.53. The smallest absolute Gasteiger partial charge is 0.255 e. The van der Waals surface area contributed by atoms with Gasteiger partial charge in [0.15, 0.2) is 0 Å². The lowest BCUT2D eigenvalue weighted by molar-refractivity contribution is 0.0713. The second-order valence-electron chi connectivity index (χ2n) is 5.81. The number of methoxy groups -OCH3 is 1. The molecule has 1 aliphatic rings. The Balaban J connectivity index is 0.00000192. The zero-order valence-electron chi connectivity index (χ0n) is 13.4. The Labute approximate surface area is 142 Å². The van der Waals surface area contributed by atoms with E-state index in [0.29, 0.717) is 5.56 Å². The molecule has 1 aliphatic heterocycles. The highest BCUT2D eigenvalue weighted by atomic mass is 35.5. The van der Waals surface area contributed by atoms with Crippen LogP contribution in [0, 0.1) is 6.92 Å². The highest BCUT2D eigenvalue weighted by Crippen LogP contribution is 2.23. The number of benzene rings is 1. The molecule has 2 N–H and O–H groups in total. The number of halogens is 1. The zero-order chi connectivity index (χ0) is 15.7. The minimum absolute atomic E-state index is 0. The van der Waals surface area contributed by atoms with Crippen molar-refractivity contribution in [3.8, 4) is 5.75 Å². The van der Waals surface area contributed by atoms with E-state index >= 15 is 0 Å². The van der Waals surface area contributed by atoms with Crippen LogP contribution in [0.5, 0.6) is 5.75 Å². The number of carbonyl (C=O) groups is 1. The standard InChI is InChI=1S/C17H21N3O2.ClH/c1-11-15(17(21)20-7-5-13(18)6-8-20)9-12-3-4-14(22-2)10-16(12)19-11;/h3-4,9-10,13H,5-8,18H2,1-2H3;1H. The molecule has 3 rings (SSSR count). The molecule has 1 fully saturated rings. The van der Waals surface area contributed by atoms with Gasteiger partial charge in [0.1, 0.15) is 5.75 Å². The Bertz CT molecular complexity index is 712. The van der Waals surface area contributed by atoms with Crippen molar-refractivity contribution in [2.45, 2.75) is 25.8 Å². The first-order chi connectivity index (χ1) is 10.6. The van der Waals surface area contributed by atoms with E-state index in [2.05, 4.69) is 4.98 Å². The lowest BCUT2D eigenvalue weighted by Gasteiger charge is -2.30. The van der Waals surface area contributed by atoms with Gasteiger partial charge in [0.05, 0.1) is 23.9 Å². The first-order valence-electron chi connectivity index (χ1n) is 7.58. The van der Waals surface area contributed by atoms with E-state index in [4.69, 9.17) is 10.5 Å². The second kappa shape index (κ2) is 7.15. The number of aryl methyl sites for hydroxylation is 1. The minimum Gasteiger partial charge on any atom is -0.497 e. The second-order valence-corrected chi connectivity index (χ2v) is 5.81. The van der Waals surface area contributed by atoms with Gasteiger partial charge < -0.3 is 15.4 Å². The number of fused-ring (bicyclic) bond motifs is 1. The normalized spacial score (nSPS) is 15.3. The van der Waals surface area contributed by atoms with Crippen molar-refractivity contribution >= 4 is 29.2 Å². The quantitative estimate of drug-likeness (QED) is 0.915. The van der Waals surface area contributed by atoms with Crippen molar-refractivity contribution in [1.82, 2.24) is 9.88 Å². The van der Waals surface area contributed by atoms with Gasteiger partial charge in [-0.1, -0.05) is 0 Å². The number of amides is 1. The largest absolute Gasteiger partial charge is 0.497 e. The summed E-state index contributed by atoms with van der Waals surface area (Å²) in [6, 6.07) is 7.84. The maximum atomic E-state index is 12.7. The van der Waals surface area contributed by atoms with Crippen LogP contribution in [0.1, 0.15) is 28.9 Å². The SMILES string of the molecule is COc1ccc2cc(C(=O)N3CCC(N)CC3)c(C)nc2c1.Cl. The fraction of sp³-hybridized carbons (Fsp3) is 0.412. The molecule has 1 aromatic heterocycles. The lowest BCUT2D eigenvalue weighted by atomic mass is 10.0. The summed E-state index contributed by atoms with van der Waals surface area (Å²) in [6.45, 7) is 3.32. The average molecular weight is 336 g/mol. The summed E-state index contributed by atoms with van der Waals surface area (Å²) in [5, 5.41) is 0.948. The van der Waals surface area contributed by atoms with Gasteiger partial charge in [-0.2, -0.15) is 0 Å². The molecule has 1 aromatic carbocycles. The molecule has 23 heavy (non-hydrogen) atoms. The van der Waals surface area contributed by atoms with Gasteiger partial charge in [0, 0.05) is 30.6 Å². The summed E-state index contributed by atoms with van der Waals surface area (Å²) in [6.07, 6.45) is 1.73. The third-order valence-corrected chi connectivity index (χ3v) is 4.27. The number of hydrogen-bond acceptors (Lipinski definition) is 4. The number of carbonyl (C=O) groups excluding carboxylic acids is 1. The van der Waals surface area contributed by atoms with Crippen molar-refractivity contribution in [3.63, 3.8) is 0 Å². The van der Waals surface area contributed by atoms with Crippen molar-refractivity contribution in [3.05, 3.63) is 35.5 Å². The highest BCUT2D eigenvalue weighted by Gasteiger charge is 2.23. The summed E-state index contributed by atoms with van der Waals surface area (Å²) in [4.78, 5) is 19.2. The molecule has 0 spiro atoms. The van der Waals surface area contributed by atoms with Gasteiger partial charge in [-0.15, -0.1) is 12.4 Å². The van der Waals surface area contributed by atoms with Gasteiger partial charge in [-0.25, -0.2) is 0 Å². The monoisotopic (exact) mass is 335 g/mol. The molecular weight excluding hydrogens is 314 g/mol. The first-order valence-corrected chi connectivity index (χ1v) is 7.58. The predicted molar refractivity (Wildman–Crippen MR) is 93.4 cm³/mol. The zero-order valence-corrected chi connectivity index (χ0v) is 14.2. The van der Waals surface area contributed by atoms with Crippen LogP contribution in [0.15, 0.2) is 24.3 Å². The molecule has 0 atom stereocenters. The number of nitrogens with two attached hydrogens (primary N) is 1. The molecular formula is C17H22ClN3O2. The van der Waals surface area contributed by atoms with Crippen molar-refractivity contribution in [2.75, 3.05) is 20.2 Å². The third-order valence-electron chi connectivity index (χ3n) is 4.27. The Morgan fingerprint density at radius 1 is 1.30 bits per heavy atom. The molecule has 0 unspecified atom stereocenters. The highest BCUT2D eigenvalue weighted by molar-refractivity contribution is 5.98. The number of pyridine rings is 1. The molecule has 0 saturated carbocycles. The van der Waals surface area contributed by atoms with Crippen LogP contribution < -0.4 is 10.5 Å². The van der Waals surface area contributed by atoms with E-state index in [1.165, 1.54) is 0 Å². The molecule has 6 heteroatoms. The van der Waals surface area contributed by atoms with Crippen molar-refractivity contribution in [1.29, 1.82) is 0 Å². The van der Waals surface area contributed by atoms with E-state index in [-0.39, 0.29) is 24.4 Å². The summed E-state index contributed by atoms with van der Waals surface area (Å²) >= 11 is 0. The first kappa shape index (κ1) is 17.5. The van der Waals surface area contributed by atoms with E-state index in [1.807, 2.05) is 36.1 Å². The van der Waals surface area contributed by atoms with Gasteiger partial charge in [0.25, 0.3) is 5.91 Å².